The van der Waals surface area contributed by atoms with Crippen LogP contribution in [0.15, 0.2) is 36.7 Å². The maximum absolute atomic E-state index is 12.8. The normalized spacial score (nSPS) is 17.5. The van der Waals surface area contributed by atoms with E-state index in [1.165, 1.54) is 17.0 Å². The van der Waals surface area contributed by atoms with Gasteiger partial charge in [0, 0.05) is 12.1 Å². The highest BCUT2D eigenvalue weighted by Crippen LogP contribution is 2.24. The zero-order valence-electron chi connectivity index (χ0n) is 13.9. The first-order chi connectivity index (χ1) is 12.8. The minimum atomic E-state index is -4.83. The fraction of sp³-hybridized carbons (Fsp3) is 0.353. The van der Waals surface area contributed by atoms with E-state index in [4.69, 9.17) is 4.74 Å². The second-order valence-electron chi connectivity index (χ2n) is 5.89. The van der Waals surface area contributed by atoms with Gasteiger partial charge >= 0.3 is 12.4 Å². The number of carbonyl (C=O) groups is 1. The van der Waals surface area contributed by atoms with E-state index in [1.54, 1.807) is 0 Å². The lowest BCUT2D eigenvalue weighted by Crippen LogP contribution is -2.44. The van der Waals surface area contributed by atoms with Crippen molar-refractivity contribution in [1.29, 1.82) is 0 Å². The van der Waals surface area contributed by atoms with Crippen molar-refractivity contribution in [3.8, 4) is 11.8 Å². The molecule has 6 nitrogen and oxygen atoms in total. The van der Waals surface area contributed by atoms with Crippen LogP contribution in [0.4, 0.5) is 17.6 Å². The van der Waals surface area contributed by atoms with Crippen LogP contribution < -0.4 is 9.47 Å². The highest BCUT2D eigenvalue weighted by Gasteiger charge is 2.32. The molecule has 3 rings (SSSR count). The molecule has 1 aliphatic rings. The summed E-state index contributed by atoms with van der Waals surface area (Å²) in [4.78, 5) is 21.5. The molecular formula is C17H15F4N3O3. The number of nitrogens with zero attached hydrogens (tertiary/aromatic N) is 3. The summed E-state index contributed by atoms with van der Waals surface area (Å²) in [6.45, 7) is 0.650. The van der Waals surface area contributed by atoms with Crippen molar-refractivity contribution in [1.82, 2.24) is 14.9 Å². The number of likely N-dealkylation sites (tertiary alicyclic amines) is 1. The van der Waals surface area contributed by atoms with Gasteiger partial charge in [0.2, 0.25) is 0 Å². The molecular weight excluding hydrogens is 370 g/mol. The number of amides is 1. The Morgan fingerprint density at radius 2 is 1.96 bits per heavy atom. The second kappa shape index (κ2) is 7.77. The largest absolute Gasteiger partial charge is 0.573 e. The highest BCUT2D eigenvalue weighted by atomic mass is 19.4. The predicted molar refractivity (Wildman–Crippen MR) is 84.7 cm³/mol. The van der Waals surface area contributed by atoms with E-state index < -0.39 is 29.9 Å². The van der Waals surface area contributed by atoms with Crippen molar-refractivity contribution >= 4 is 5.91 Å². The molecule has 0 saturated carbocycles. The minimum absolute atomic E-state index is 0.00345. The Morgan fingerprint density at radius 1 is 1.22 bits per heavy atom. The maximum atomic E-state index is 12.8. The summed E-state index contributed by atoms with van der Waals surface area (Å²) in [6, 6.07) is 4.90. The van der Waals surface area contributed by atoms with Gasteiger partial charge in [0.15, 0.2) is 5.82 Å². The number of benzene rings is 1. The van der Waals surface area contributed by atoms with Gasteiger partial charge in [0.25, 0.3) is 5.91 Å². The molecule has 2 heterocycles. The van der Waals surface area contributed by atoms with Gasteiger partial charge in [-0.25, -0.2) is 14.4 Å². The lowest BCUT2D eigenvalue weighted by molar-refractivity contribution is -0.274. The summed E-state index contributed by atoms with van der Waals surface area (Å²) in [6.07, 6.45) is -2.01. The van der Waals surface area contributed by atoms with Crippen LogP contribution in [0.3, 0.4) is 0 Å². The van der Waals surface area contributed by atoms with Crippen molar-refractivity contribution in [3.63, 3.8) is 0 Å². The topological polar surface area (TPSA) is 64.5 Å². The number of hydrogen-bond acceptors (Lipinski definition) is 5. The summed E-state index contributed by atoms with van der Waals surface area (Å²) >= 11 is 0. The molecule has 2 aromatic rings. The smallest absolute Gasteiger partial charge is 0.458 e. The predicted octanol–water partition coefficient (Wildman–Crippen LogP) is 3.20. The molecule has 0 bridgehead atoms. The molecule has 1 atom stereocenters. The second-order valence-corrected chi connectivity index (χ2v) is 5.89. The number of rotatable bonds is 4. The van der Waals surface area contributed by atoms with Gasteiger partial charge in [-0.2, -0.15) is 0 Å². The zero-order valence-corrected chi connectivity index (χ0v) is 13.9. The van der Waals surface area contributed by atoms with E-state index in [-0.39, 0.29) is 18.1 Å². The molecule has 1 amide bonds. The average molecular weight is 385 g/mol. The molecule has 0 N–H and O–H groups in total. The molecule has 1 aromatic heterocycles. The molecule has 1 aromatic carbocycles. The average Bonchev–Trinajstić information content (AvgIpc) is 2.62. The summed E-state index contributed by atoms with van der Waals surface area (Å²) in [5.74, 6) is -1.49. The third-order valence-electron chi connectivity index (χ3n) is 3.85. The number of hydrogen-bond donors (Lipinski definition) is 0. The standard InChI is InChI=1S/C17H15F4N3O3/c18-12-8-22-16(23-9-12)26-14-5-2-6-24(10-14)15(25)11-3-1-4-13(7-11)27-17(19,20)21/h1,3-4,7-9,14H,2,5-6,10H2/t14-/m1/s1. The Balaban J connectivity index is 1.66. The lowest BCUT2D eigenvalue weighted by Gasteiger charge is -2.32. The number of alkyl halides is 3. The molecule has 1 saturated heterocycles. The van der Waals surface area contributed by atoms with Gasteiger partial charge in [0.05, 0.1) is 18.9 Å². The quantitative estimate of drug-likeness (QED) is 0.757. The highest BCUT2D eigenvalue weighted by molar-refractivity contribution is 5.94. The Bertz CT molecular complexity index is 799. The van der Waals surface area contributed by atoms with Gasteiger partial charge < -0.3 is 14.4 Å². The van der Waals surface area contributed by atoms with Gasteiger partial charge in [-0.1, -0.05) is 6.07 Å². The first kappa shape index (κ1) is 18.9. The van der Waals surface area contributed by atoms with Crippen LogP contribution in [0.5, 0.6) is 11.8 Å². The summed E-state index contributed by atoms with van der Waals surface area (Å²) in [5, 5.41) is 0. The van der Waals surface area contributed by atoms with Gasteiger partial charge in [0.1, 0.15) is 11.9 Å². The van der Waals surface area contributed by atoms with Crippen LogP contribution in [0.2, 0.25) is 0 Å². The van der Waals surface area contributed by atoms with Crippen molar-refractivity contribution in [3.05, 3.63) is 48.0 Å². The SMILES string of the molecule is O=C(c1cccc(OC(F)(F)F)c1)N1CCC[C@@H](Oc2ncc(F)cn2)C1. The lowest BCUT2D eigenvalue weighted by atomic mass is 10.1. The summed E-state index contributed by atoms with van der Waals surface area (Å²) in [7, 11) is 0. The third kappa shape index (κ3) is 5.28. The van der Waals surface area contributed by atoms with Crippen molar-refractivity contribution in [2.45, 2.75) is 25.3 Å². The molecule has 0 aliphatic carbocycles. The first-order valence-corrected chi connectivity index (χ1v) is 8.09. The van der Waals surface area contributed by atoms with Gasteiger partial charge in [-0.15, -0.1) is 13.2 Å². The number of piperidine rings is 1. The fourth-order valence-corrected chi connectivity index (χ4v) is 2.74. The molecule has 0 unspecified atom stereocenters. The molecule has 144 valence electrons. The number of carbonyl (C=O) groups excluding carboxylic acids is 1. The number of aromatic nitrogens is 2. The van der Waals surface area contributed by atoms with Crippen LogP contribution in [-0.2, 0) is 0 Å². The van der Waals surface area contributed by atoms with E-state index in [0.717, 1.165) is 24.5 Å². The van der Waals surface area contributed by atoms with Crippen LogP contribution in [0, 0.1) is 5.82 Å². The first-order valence-electron chi connectivity index (χ1n) is 8.09. The number of halogens is 4. The monoisotopic (exact) mass is 385 g/mol. The van der Waals surface area contributed by atoms with E-state index in [2.05, 4.69) is 14.7 Å². The Hall–Kier alpha value is -2.91. The van der Waals surface area contributed by atoms with Crippen molar-refractivity contribution in [2.75, 3.05) is 13.1 Å². The third-order valence-corrected chi connectivity index (χ3v) is 3.85. The Kier molecular flexibility index (Phi) is 5.43. The van der Waals surface area contributed by atoms with Crippen molar-refractivity contribution < 1.29 is 31.8 Å². The van der Waals surface area contributed by atoms with E-state index >= 15 is 0 Å². The van der Waals surface area contributed by atoms with Gasteiger partial charge in [-0.3, -0.25) is 4.79 Å². The molecule has 1 aliphatic heterocycles. The van der Waals surface area contributed by atoms with E-state index in [0.29, 0.717) is 19.4 Å². The van der Waals surface area contributed by atoms with Crippen LogP contribution in [0.25, 0.3) is 0 Å². The number of ether oxygens (including phenoxy) is 2. The molecule has 0 spiro atoms. The molecule has 27 heavy (non-hydrogen) atoms. The minimum Gasteiger partial charge on any atom is -0.458 e. The Morgan fingerprint density at radius 3 is 2.67 bits per heavy atom. The zero-order chi connectivity index (χ0) is 19.4. The summed E-state index contributed by atoms with van der Waals surface area (Å²) in [5.41, 5.74) is 0.0791. The van der Waals surface area contributed by atoms with Crippen LogP contribution >= 0.6 is 0 Å². The van der Waals surface area contributed by atoms with E-state index in [1.807, 2.05) is 0 Å². The van der Waals surface area contributed by atoms with E-state index in [9.17, 15) is 22.4 Å². The van der Waals surface area contributed by atoms with Gasteiger partial charge in [-0.05, 0) is 31.0 Å². The van der Waals surface area contributed by atoms with Crippen LogP contribution in [-0.4, -0.2) is 46.3 Å². The fourth-order valence-electron chi connectivity index (χ4n) is 2.74. The summed E-state index contributed by atoms with van der Waals surface area (Å²) < 4.78 is 59.3. The van der Waals surface area contributed by atoms with Crippen molar-refractivity contribution in [2.24, 2.45) is 0 Å². The molecule has 0 radical (unpaired) electrons. The molecule has 1 fully saturated rings. The Labute approximate surface area is 151 Å². The maximum Gasteiger partial charge on any atom is 0.573 e. The molecule has 10 heteroatoms. The van der Waals surface area contributed by atoms with Crippen LogP contribution in [0.1, 0.15) is 23.2 Å².